The zero-order valence-corrected chi connectivity index (χ0v) is 10.8. The van der Waals surface area contributed by atoms with Gasteiger partial charge in [-0.2, -0.15) is 0 Å². The van der Waals surface area contributed by atoms with E-state index in [4.69, 9.17) is 4.74 Å². The van der Waals surface area contributed by atoms with E-state index in [1.807, 2.05) is 0 Å². The van der Waals surface area contributed by atoms with Crippen molar-refractivity contribution < 1.29 is 4.74 Å². The Hall–Kier alpha value is -0.0400. The average Bonchev–Trinajstić information content (AvgIpc) is 2.14. The molecule has 2 fully saturated rings. The van der Waals surface area contributed by atoms with Crippen LogP contribution in [0.5, 0.6) is 0 Å². The Kier molecular flexibility index (Phi) is 2.87. The first-order valence-corrected chi connectivity index (χ1v) is 6.59. The molecule has 0 aromatic heterocycles. The third-order valence-corrected chi connectivity index (χ3v) is 5.36. The quantitative estimate of drug-likeness (QED) is 0.672. The van der Waals surface area contributed by atoms with Crippen LogP contribution in [0.3, 0.4) is 0 Å². The van der Waals surface area contributed by atoms with E-state index < -0.39 is 0 Å². The standard InChI is InChI=1S/C14H26O/c1-11(2)14(12(3)4)7-5-13(6-8-14)9-15-10-13/h11-12H,5-10H2,1-4H3. The molecular weight excluding hydrogens is 184 g/mol. The summed E-state index contributed by atoms with van der Waals surface area (Å²) in [6.45, 7) is 11.7. The molecule has 1 heterocycles. The molecule has 0 radical (unpaired) electrons. The highest BCUT2D eigenvalue weighted by Gasteiger charge is 2.48. The van der Waals surface area contributed by atoms with Crippen molar-refractivity contribution in [3.63, 3.8) is 0 Å². The second-order valence-electron chi connectivity index (χ2n) is 6.54. The number of hydrogen-bond donors (Lipinski definition) is 0. The van der Waals surface area contributed by atoms with E-state index >= 15 is 0 Å². The molecule has 1 nitrogen and oxygen atoms in total. The molecule has 88 valence electrons. The van der Waals surface area contributed by atoms with Crippen LogP contribution in [0.15, 0.2) is 0 Å². The molecule has 1 saturated heterocycles. The molecule has 0 unspecified atom stereocenters. The van der Waals surface area contributed by atoms with Crippen molar-refractivity contribution >= 4 is 0 Å². The molecule has 0 atom stereocenters. The second kappa shape index (κ2) is 3.76. The lowest BCUT2D eigenvalue weighted by Gasteiger charge is -2.54. The summed E-state index contributed by atoms with van der Waals surface area (Å²) < 4.78 is 5.40. The van der Waals surface area contributed by atoms with E-state index in [-0.39, 0.29) is 0 Å². The zero-order valence-electron chi connectivity index (χ0n) is 10.8. The molecule has 15 heavy (non-hydrogen) atoms. The minimum atomic E-state index is 0.604. The van der Waals surface area contributed by atoms with Gasteiger partial charge < -0.3 is 4.74 Å². The van der Waals surface area contributed by atoms with Gasteiger partial charge in [-0.3, -0.25) is 0 Å². The van der Waals surface area contributed by atoms with Crippen LogP contribution in [-0.2, 0) is 4.74 Å². The van der Waals surface area contributed by atoms with Gasteiger partial charge in [-0.1, -0.05) is 27.7 Å². The van der Waals surface area contributed by atoms with Gasteiger partial charge >= 0.3 is 0 Å². The van der Waals surface area contributed by atoms with Crippen molar-refractivity contribution in [3.05, 3.63) is 0 Å². The number of rotatable bonds is 2. The maximum atomic E-state index is 5.40. The predicted octanol–water partition coefficient (Wildman–Crippen LogP) is 3.88. The molecule has 1 aliphatic heterocycles. The Bertz CT molecular complexity index is 205. The normalized spacial score (nSPS) is 28.4. The van der Waals surface area contributed by atoms with Gasteiger partial charge in [-0.05, 0) is 42.9 Å². The third-order valence-electron chi connectivity index (χ3n) is 5.36. The minimum Gasteiger partial charge on any atom is -0.380 e. The molecule has 2 rings (SSSR count). The molecule has 0 aromatic carbocycles. The topological polar surface area (TPSA) is 9.23 Å². The van der Waals surface area contributed by atoms with Gasteiger partial charge in [0.25, 0.3) is 0 Å². The van der Waals surface area contributed by atoms with Crippen LogP contribution in [0.4, 0.5) is 0 Å². The Balaban J connectivity index is 2.05. The first kappa shape index (κ1) is 11.4. The monoisotopic (exact) mass is 210 g/mol. The number of hydrogen-bond acceptors (Lipinski definition) is 1. The molecule has 0 amide bonds. The molecule has 2 aliphatic rings. The van der Waals surface area contributed by atoms with Gasteiger partial charge in [0.2, 0.25) is 0 Å². The maximum Gasteiger partial charge on any atom is 0.0544 e. The Morgan fingerprint density at radius 3 is 1.53 bits per heavy atom. The van der Waals surface area contributed by atoms with E-state index in [1.54, 1.807) is 0 Å². The van der Waals surface area contributed by atoms with Crippen LogP contribution in [0.2, 0.25) is 0 Å². The highest BCUT2D eigenvalue weighted by molar-refractivity contribution is 4.98. The first-order chi connectivity index (χ1) is 7.01. The average molecular weight is 210 g/mol. The Morgan fingerprint density at radius 2 is 1.27 bits per heavy atom. The highest BCUT2D eigenvalue weighted by Crippen LogP contribution is 2.55. The summed E-state index contributed by atoms with van der Waals surface area (Å²) in [7, 11) is 0. The highest BCUT2D eigenvalue weighted by atomic mass is 16.5. The number of ether oxygens (including phenoxy) is 1. The Labute approximate surface area is 94.6 Å². The smallest absolute Gasteiger partial charge is 0.0544 e. The zero-order chi connectivity index (χ0) is 11.1. The SMILES string of the molecule is CC(C)C1(C(C)C)CCC2(CC1)COC2. The van der Waals surface area contributed by atoms with Crippen LogP contribution >= 0.6 is 0 Å². The van der Waals surface area contributed by atoms with Crippen molar-refractivity contribution in [2.75, 3.05) is 13.2 Å². The van der Waals surface area contributed by atoms with E-state index in [1.165, 1.54) is 25.7 Å². The summed E-state index contributed by atoms with van der Waals surface area (Å²) >= 11 is 0. The van der Waals surface area contributed by atoms with E-state index in [2.05, 4.69) is 27.7 Å². The van der Waals surface area contributed by atoms with Gasteiger partial charge in [0, 0.05) is 5.41 Å². The largest absolute Gasteiger partial charge is 0.380 e. The molecule has 0 aromatic rings. The molecule has 1 heteroatoms. The van der Waals surface area contributed by atoms with Gasteiger partial charge in [-0.15, -0.1) is 0 Å². The van der Waals surface area contributed by atoms with Crippen LogP contribution in [0.1, 0.15) is 53.4 Å². The lowest BCUT2D eigenvalue weighted by atomic mass is 9.55. The van der Waals surface area contributed by atoms with Crippen LogP contribution in [0.25, 0.3) is 0 Å². The van der Waals surface area contributed by atoms with Gasteiger partial charge in [-0.25, -0.2) is 0 Å². The van der Waals surface area contributed by atoms with Crippen LogP contribution in [-0.4, -0.2) is 13.2 Å². The second-order valence-corrected chi connectivity index (χ2v) is 6.54. The van der Waals surface area contributed by atoms with Crippen LogP contribution in [0, 0.1) is 22.7 Å². The lowest BCUT2D eigenvalue weighted by Crippen LogP contribution is -2.49. The van der Waals surface area contributed by atoms with Crippen molar-refractivity contribution in [3.8, 4) is 0 Å². The van der Waals surface area contributed by atoms with E-state index in [9.17, 15) is 0 Å². The molecule has 1 aliphatic carbocycles. The molecule has 1 spiro atoms. The van der Waals surface area contributed by atoms with Crippen molar-refractivity contribution in [2.24, 2.45) is 22.7 Å². The fraction of sp³-hybridized carbons (Fsp3) is 1.00. The predicted molar refractivity (Wildman–Crippen MR) is 63.8 cm³/mol. The molecular formula is C14H26O. The fourth-order valence-electron chi connectivity index (χ4n) is 3.75. The molecule has 0 bridgehead atoms. The van der Waals surface area contributed by atoms with Gasteiger partial charge in [0.15, 0.2) is 0 Å². The summed E-state index contributed by atoms with van der Waals surface area (Å²) in [5.74, 6) is 1.66. The molecule has 0 N–H and O–H groups in total. The summed E-state index contributed by atoms with van der Waals surface area (Å²) in [4.78, 5) is 0. The Morgan fingerprint density at radius 1 is 0.800 bits per heavy atom. The van der Waals surface area contributed by atoms with E-state index in [0.717, 1.165) is 25.0 Å². The van der Waals surface area contributed by atoms with Crippen molar-refractivity contribution in [1.82, 2.24) is 0 Å². The van der Waals surface area contributed by atoms with Gasteiger partial charge in [0.1, 0.15) is 0 Å². The molecule has 1 saturated carbocycles. The third kappa shape index (κ3) is 1.73. The first-order valence-electron chi connectivity index (χ1n) is 6.59. The minimum absolute atomic E-state index is 0.604. The fourth-order valence-corrected chi connectivity index (χ4v) is 3.75. The van der Waals surface area contributed by atoms with Gasteiger partial charge in [0.05, 0.1) is 13.2 Å². The van der Waals surface area contributed by atoms with E-state index in [0.29, 0.717) is 10.8 Å². The summed E-state index contributed by atoms with van der Waals surface area (Å²) in [5, 5.41) is 0. The summed E-state index contributed by atoms with van der Waals surface area (Å²) in [6.07, 6.45) is 5.66. The van der Waals surface area contributed by atoms with Crippen molar-refractivity contribution in [2.45, 2.75) is 53.4 Å². The summed E-state index contributed by atoms with van der Waals surface area (Å²) in [5.41, 5.74) is 1.22. The lowest BCUT2D eigenvalue weighted by molar-refractivity contribution is -0.155. The van der Waals surface area contributed by atoms with Crippen LogP contribution < -0.4 is 0 Å². The maximum absolute atomic E-state index is 5.40. The summed E-state index contributed by atoms with van der Waals surface area (Å²) in [6, 6.07) is 0. The van der Waals surface area contributed by atoms with Crippen molar-refractivity contribution in [1.29, 1.82) is 0 Å².